The van der Waals surface area contributed by atoms with Gasteiger partial charge in [0.1, 0.15) is 0 Å². The fourth-order valence-electron chi connectivity index (χ4n) is 1.90. The second-order valence-electron chi connectivity index (χ2n) is 3.72. The molecule has 1 aliphatic heterocycles. The van der Waals surface area contributed by atoms with Gasteiger partial charge in [-0.2, -0.15) is 0 Å². The fourth-order valence-corrected chi connectivity index (χ4v) is 1.90. The van der Waals surface area contributed by atoms with Crippen molar-refractivity contribution in [3.05, 3.63) is 29.3 Å². The number of hydrogen-bond donors (Lipinski definition) is 2. The van der Waals surface area contributed by atoms with Crippen molar-refractivity contribution in [2.24, 2.45) is 0 Å². The van der Waals surface area contributed by atoms with Gasteiger partial charge in [-0.05, 0) is 30.5 Å². The van der Waals surface area contributed by atoms with Crippen molar-refractivity contribution in [1.82, 2.24) is 5.32 Å². The molecule has 1 amide bonds. The molecule has 1 atom stereocenters. The van der Waals surface area contributed by atoms with Gasteiger partial charge in [0.05, 0.1) is 6.04 Å². The molecule has 1 aromatic rings. The smallest absolute Gasteiger partial charge is 0.220 e. The van der Waals surface area contributed by atoms with Crippen LogP contribution in [0.2, 0.25) is 0 Å². The Balaban J connectivity index is 2.32. The standard InChI is InChI=1S/C11H14N2O/c1-7-8(3-2-4-9(7)12)10-5-6-11(14)13-10/h2-4,10H,5-6,12H2,1H3,(H,13,14). The van der Waals surface area contributed by atoms with Gasteiger partial charge in [0.15, 0.2) is 0 Å². The molecule has 0 bridgehead atoms. The summed E-state index contributed by atoms with van der Waals surface area (Å²) in [5.41, 5.74) is 8.84. The quantitative estimate of drug-likeness (QED) is 0.660. The van der Waals surface area contributed by atoms with E-state index in [1.807, 2.05) is 25.1 Å². The average molecular weight is 190 g/mol. The van der Waals surface area contributed by atoms with Crippen molar-refractivity contribution in [1.29, 1.82) is 0 Å². The summed E-state index contributed by atoms with van der Waals surface area (Å²) in [6.07, 6.45) is 1.50. The van der Waals surface area contributed by atoms with Crippen molar-refractivity contribution in [3.8, 4) is 0 Å². The van der Waals surface area contributed by atoms with Crippen LogP contribution in [0.25, 0.3) is 0 Å². The van der Waals surface area contributed by atoms with Gasteiger partial charge in [-0.3, -0.25) is 4.79 Å². The van der Waals surface area contributed by atoms with Crippen molar-refractivity contribution in [2.75, 3.05) is 5.73 Å². The Kier molecular flexibility index (Phi) is 2.15. The maximum absolute atomic E-state index is 11.1. The van der Waals surface area contributed by atoms with E-state index in [0.717, 1.165) is 23.2 Å². The molecule has 0 saturated carbocycles. The van der Waals surface area contributed by atoms with Crippen LogP contribution in [0.15, 0.2) is 18.2 Å². The zero-order valence-corrected chi connectivity index (χ0v) is 8.21. The van der Waals surface area contributed by atoms with Crippen LogP contribution in [0, 0.1) is 6.92 Å². The zero-order valence-electron chi connectivity index (χ0n) is 8.21. The molecule has 1 heterocycles. The van der Waals surface area contributed by atoms with E-state index < -0.39 is 0 Å². The first-order valence-electron chi connectivity index (χ1n) is 4.83. The van der Waals surface area contributed by atoms with Gasteiger partial charge in [0.25, 0.3) is 0 Å². The monoisotopic (exact) mass is 190 g/mol. The third-order valence-electron chi connectivity index (χ3n) is 2.79. The average Bonchev–Trinajstić information content (AvgIpc) is 2.57. The molecule has 14 heavy (non-hydrogen) atoms. The minimum absolute atomic E-state index is 0.136. The molecule has 1 unspecified atom stereocenters. The number of amides is 1. The first-order valence-corrected chi connectivity index (χ1v) is 4.83. The highest BCUT2D eigenvalue weighted by atomic mass is 16.1. The van der Waals surface area contributed by atoms with Gasteiger partial charge in [-0.15, -0.1) is 0 Å². The van der Waals surface area contributed by atoms with Gasteiger partial charge in [-0.25, -0.2) is 0 Å². The van der Waals surface area contributed by atoms with Crippen LogP contribution < -0.4 is 11.1 Å². The summed E-state index contributed by atoms with van der Waals surface area (Å²) in [4.78, 5) is 11.1. The van der Waals surface area contributed by atoms with Crippen molar-refractivity contribution in [2.45, 2.75) is 25.8 Å². The number of anilines is 1. The van der Waals surface area contributed by atoms with Crippen LogP contribution >= 0.6 is 0 Å². The Hall–Kier alpha value is -1.51. The molecule has 1 aromatic carbocycles. The number of carbonyl (C=O) groups is 1. The Morgan fingerprint density at radius 1 is 1.50 bits per heavy atom. The Morgan fingerprint density at radius 3 is 2.93 bits per heavy atom. The summed E-state index contributed by atoms with van der Waals surface area (Å²) in [5, 5.41) is 2.94. The topological polar surface area (TPSA) is 55.1 Å². The summed E-state index contributed by atoms with van der Waals surface area (Å²) < 4.78 is 0. The summed E-state index contributed by atoms with van der Waals surface area (Å²) in [7, 11) is 0. The predicted molar refractivity (Wildman–Crippen MR) is 55.7 cm³/mol. The molecular formula is C11H14N2O. The molecule has 0 spiro atoms. The lowest BCUT2D eigenvalue weighted by Crippen LogP contribution is -2.19. The van der Waals surface area contributed by atoms with Crippen LogP contribution in [0.4, 0.5) is 5.69 Å². The Morgan fingerprint density at radius 2 is 2.29 bits per heavy atom. The summed E-state index contributed by atoms with van der Waals surface area (Å²) in [5.74, 6) is 0.136. The molecule has 1 fully saturated rings. The first-order chi connectivity index (χ1) is 6.68. The molecule has 0 aliphatic carbocycles. The molecular weight excluding hydrogens is 176 g/mol. The van der Waals surface area contributed by atoms with Crippen molar-refractivity contribution >= 4 is 11.6 Å². The number of nitrogens with two attached hydrogens (primary N) is 1. The third-order valence-corrected chi connectivity index (χ3v) is 2.79. The van der Waals surface area contributed by atoms with E-state index in [1.165, 1.54) is 0 Å². The van der Waals surface area contributed by atoms with Crippen LogP contribution in [-0.4, -0.2) is 5.91 Å². The molecule has 3 heteroatoms. The SMILES string of the molecule is Cc1c(N)cccc1C1CCC(=O)N1. The summed E-state index contributed by atoms with van der Waals surface area (Å²) in [6.45, 7) is 2.00. The number of nitrogens with one attached hydrogen (secondary N) is 1. The highest BCUT2D eigenvalue weighted by Gasteiger charge is 2.23. The molecule has 0 aromatic heterocycles. The lowest BCUT2D eigenvalue weighted by Gasteiger charge is -2.14. The lowest BCUT2D eigenvalue weighted by atomic mass is 9.99. The molecule has 74 valence electrons. The van der Waals surface area contributed by atoms with Gasteiger partial charge < -0.3 is 11.1 Å². The predicted octanol–water partition coefficient (Wildman–Crippen LogP) is 1.53. The second kappa shape index (κ2) is 3.33. The highest BCUT2D eigenvalue weighted by molar-refractivity contribution is 5.79. The van der Waals surface area contributed by atoms with E-state index in [1.54, 1.807) is 0 Å². The first kappa shape index (κ1) is 9.06. The highest BCUT2D eigenvalue weighted by Crippen LogP contribution is 2.28. The van der Waals surface area contributed by atoms with Crippen LogP contribution in [0.1, 0.15) is 30.0 Å². The van der Waals surface area contributed by atoms with Gasteiger partial charge in [0, 0.05) is 12.1 Å². The van der Waals surface area contributed by atoms with E-state index in [2.05, 4.69) is 5.32 Å². The normalized spacial score (nSPS) is 20.9. The van der Waals surface area contributed by atoms with E-state index in [-0.39, 0.29) is 11.9 Å². The van der Waals surface area contributed by atoms with Crippen molar-refractivity contribution < 1.29 is 4.79 Å². The molecule has 1 saturated heterocycles. The Bertz CT molecular complexity index is 374. The lowest BCUT2D eigenvalue weighted by molar-refractivity contribution is -0.119. The van der Waals surface area contributed by atoms with E-state index in [0.29, 0.717) is 6.42 Å². The number of nitrogen functional groups attached to an aromatic ring is 1. The third kappa shape index (κ3) is 1.45. The van der Waals surface area contributed by atoms with Gasteiger partial charge in [-0.1, -0.05) is 12.1 Å². The fraction of sp³-hybridized carbons (Fsp3) is 0.364. The van der Waals surface area contributed by atoms with Gasteiger partial charge >= 0.3 is 0 Å². The van der Waals surface area contributed by atoms with Crippen molar-refractivity contribution in [3.63, 3.8) is 0 Å². The maximum Gasteiger partial charge on any atom is 0.220 e. The molecule has 3 nitrogen and oxygen atoms in total. The molecule has 2 rings (SSSR count). The number of carbonyl (C=O) groups excluding carboxylic acids is 1. The molecule has 0 radical (unpaired) electrons. The van der Waals surface area contributed by atoms with Crippen LogP contribution in [0.5, 0.6) is 0 Å². The van der Waals surface area contributed by atoms with Crippen LogP contribution in [-0.2, 0) is 4.79 Å². The number of rotatable bonds is 1. The summed E-state index contributed by atoms with van der Waals surface area (Å²) >= 11 is 0. The minimum Gasteiger partial charge on any atom is -0.399 e. The molecule has 1 aliphatic rings. The van der Waals surface area contributed by atoms with Gasteiger partial charge in [0.2, 0.25) is 5.91 Å². The zero-order chi connectivity index (χ0) is 10.1. The van der Waals surface area contributed by atoms with E-state index >= 15 is 0 Å². The molecule has 3 N–H and O–H groups in total. The second-order valence-corrected chi connectivity index (χ2v) is 3.72. The van der Waals surface area contributed by atoms with E-state index in [9.17, 15) is 4.79 Å². The number of hydrogen-bond acceptors (Lipinski definition) is 2. The summed E-state index contributed by atoms with van der Waals surface area (Å²) in [6, 6.07) is 6.01. The largest absolute Gasteiger partial charge is 0.399 e. The maximum atomic E-state index is 11.1. The van der Waals surface area contributed by atoms with E-state index in [4.69, 9.17) is 5.73 Å². The Labute approximate surface area is 83.3 Å². The minimum atomic E-state index is 0.136. The van der Waals surface area contributed by atoms with Crippen LogP contribution in [0.3, 0.4) is 0 Å². The number of benzene rings is 1.